The minimum absolute atomic E-state index is 0.0340. The highest BCUT2D eigenvalue weighted by molar-refractivity contribution is 5.89. The molecule has 2 aliphatic rings. The number of esters is 1. The van der Waals surface area contributed by atoms with Gasteiger partial charge in [-0.2, -0.15) is 0 Å². The van der Waals surface area contributed by atoms with Gasteiger partial charge in [0.2, 0.25) is 5.91 Å². The molecule has 0 aliphatic carbocycles. The average Bonchev–Trinajstić information content (AvgIpc) is 3.16. The first-order valence-corrected chi connectivity index (χ1v) is 12.2. The second-order valence-electron chi connectivity index (χ2n) is 9.63. The topological polar surface area (TPSA) is 59.1 Å². The Balaban J connectivity index is 1.39. The van der Waals surface area contributed by atoms with Gasteiger partial charge in [-0.3, -0.25) is 14.5 Å². The van der Waals surface area contributed by atoms with E-state index in [-0.39, 0.29) is 18.3 Å². The minimum atomic E-state index is -0.521. The lowest BCUT2D eigenvalue weighted by atomic mass is 9.76. The Bertz CT molecular complexity index is 1230. The molecule has 1 spiro atoms. The highest BCUT2D eigenvalue weighted by Gasteiger charge is 2.56. The molecule has 6 heteroatoms. The Morgan fingerprint density at radius 1 is 0.943 bits per heavy atom. The van der Waals surface area contributed by atoms with Crippen LogP contribution in [0.1, 0.15) is 30.4 Å². The summed E-state index contributed by atoms with van der Waals surface area (Å²) in [6.07, 6.45) is 1.69. The van der Waals surface area contributed by atoms with Crippen LogP contribution in [0.2, 0.25) is 0 Å². The highest BCUT2D eigenvalue weighted by atomic mass is 16.5. The lowest BCUT2D eigenvalue weighted by Crippen LogP contribution is -2.57. The Morgan fingerprint density at radius 2 is 1.66 bits per heavy atom. The molecule has 2 heterocycles. The molecule has 1 atom stereocenters. The number of nitrogens with zero attached hydrogens (tertiary/aromatic N) is 2. The molecule has 2 saturated heterocycles. The van der Waals surface area contributed by atoms with E-state index >= 15 is 0 Å². The molecule has 182 valence electrons. The zero-order valence-corrected chi connectivity index (χ0v) is 20.4. The number of hydrogen-bond acceptors (Lipinski definition) is 5. The van der Waals surface area contributed by atoms with Crippen molar-refractivity contribution in [2.45, 2.75) is 37.9 Å². The first kappa shape index (κ1) is 23.4. The largest absolute Gasteiger partial charge is 0.496 e. The van der Waals surface area contributed by atoms with E-state index in [1.54, 1.807) is 7.11 Å². The molecule has 2 aliphatic heterocycles. The number of ether oxygens (including phenoxy) is 2. The normalized spacial score (nSPS) is 19.9. The number of methoxy groups -OCH3 is 2. The maximum atomic E-state index is 13.3. The number of fused-ring (bicyclic) bond motifs is 1. The lowest BCUT2D eigenvalue weighted by Gasteiger charge is -2.47. The molecule has 5 rings (SSSR count). The molecule has 3 aromatic rings. The summed E-state index contributed by atoms with van der Waals surface area (Å²) in [4.78, 5) is 30.5. The number of hydrogen-bond donors (Lipinski definition) is 0. The summed E-state index contributed by atoms with van der Waals surface area (Å²) in [6.45, 7) is 2.88. The van der Waals surface area contributed by atoms with Gasteiger partial charge in [0.1, 0.15) is 5.75 Å². The predicted octanol–water partition coefficient (Wildman–Crippen LogP) is 4.40. The predicted molar refractivity (Wildman–Crippen MR) is 135 cm³/mol. The van der Waals surface area contributed by atoms with Crippen LogP contribution in [0.3, 0.4) is 0 Å². The SMILES string of the molecule is COC(=O)C1CC(=O)N(Cc2ccc3ccccc3c2)C12CCN(Cc1ccccc1OC)CC2. The number of rotatable bonds is 6. The second kappa shape index (κ2) is 9.70. The first-order valence-electron chi connectivity index (χ1n) is 12.2. The molecule has 1 amide bonds. The number of carbonyl (C=O) groups is 2. The monoisotopic (exact) mass is 472 g/mol. The van der Waals surface area contributed by atoms with Gasteiger partial charge in [0.25, 0.3) is 0 Å². The zero-order chi connectivity index (χ0) is 24.4. The Kier molecular flexibility index (Phi) is 6.48. The van der Waals surface area contributed by atoms with Crippen molar-refractivity contribution in [3.8, 4) is 5.75 Å². The van der Waals surface area contributed by atoms with Crippen LogP contribution >= 0.6 is 0 Å². The van der Waals surface area contributed by atoms with Crippen molar-refractivity contribution in [3.05, 3.63) is 77.9 Å². The van der Waals surface area contributed by atoms with E-state index in [0.717, 1.165) is 54.7 Å². The molecule has 0 aromatic heterocycles. The summed E-state index contributed by atoms with van der Waals surface area (Å²) in [5.74, 6) is 0.201. The fourth-order valence-electron chi connectivity index (χ4n) is 5.91. The fourth-order valence-corrected chi connectivity index (χ4v) is 5.91. The van der Waals surface area contributed by atoms with E-state index in [1.807, 2.05) is 35.2 Å². The van der Waals surface area contributed by atoms with Crippen molar-refractivity contribution in [3.63, 3.8) is 0 Å². The zero-order valence-electron chi connectivity index (χ0n) is 20.4. The number of amides is 1. The van der Waals surface area contributed by atoms with Crippen LogP contribution in [0, 0.1) is 5.92 Å². The van der Waals surface area contributed by atoms with Gasteiger partial charge < -0.3 is 14.4 Å². The average molecular weight is 473 g/mol. The van der Waals surface area contributed by atoms with Gasteiger partial charge in [-0.05, 0) is 41.3 Å². The first-order chi connectivity index (χ1) is 17.0. The summed E-state index contributed by atoms with van der Waals surface area (Å²) in [5, 5.41) is 2.33. The van der Waals surface area contributed by atoms with Gasteiger partial charge in [0.05, 0.1) is 25.7 Å². The van der Waals surface area contributed by atoms with E-state index in [4.69, 9.17) is 9.47 Å². The van der Waals surface area contributed by atoms with Gasteiger partial charge in [-0.25, -0.2) is 0 Å². The minimum Gasteiger partial charge on any atom is -0.496 e. The number of carbonyl (C=O) groups excluding carboxylic acids is 2. The van der Waals surface area contributed by atoms with Crippen molar-refractivity contribution in [2.75, 3.05) is 27.3 Å². The molecular weight excluding hydrogens is 440 g/mol. The third-order valence-electron chi connectivity index (χ3n) is 7.81. The van der Waals surface area contributed by atoms with Crippen LogP contribution < -0.4 is 4.74 Å². The van der Waals surface area contributed by atoms with E-state index in [2.05, 4.69) is 41.3 Å². The van der Waals surface area contributed by atoms with Gasteiger partial charge in [-0.1, -0.05) is 54.6 Å². The Hall–Kier alpha value is -3.38. The third-order valence-corrected chi connectivity index (χ3v) is 7.81. The maximum absolute atomic E-state index is 13.3. The van der Waals surface area contributed by atoms with Crippen molar-refractivity contribution < 1.29 is 19.1 Å². The molecule has 6 nitrogen and oxygen atoms in total. The molecule has 2 fully saturated rings. The summed E-state index contributed by atoms with van der Waals surface area (Å²) in [7, 11) is 3.11. The van der Waals surface area contributed by atoms with Gasteiger partial charge in [0.15, 0.2) is 0 Å². The Morgan fingerprint density at radius 3 is 2.40 bits per heavy atom. The summed E-state index contributed by atoms with van der Waals surface area (Å²) < 4.78 is 10.7. The van der Waals surface area contributed by atoms with E-state index in [1.165, 1.54) is 12.5 Å². The van der Waals surface area contributed by atoms with Crippen molar-refractivity contribution in [2.24, 2.45) is 5.92 Å². The van der Waals surface area contributed by atoms with Crippen LogP contribution in [0.4, 0.5) is 0 Å². The van der Waals surface area contributed by atoms with E-state index in [0.29, 0.717) is 6.54 Å². The molecule has 1 unspecified atom stereocenters. The van der Waals surface area contributed by atoms with Crippen molar-refractivity contribution in [1.29, 1.82) is 0 Å². The van der Waals surface area contributed by atoms with E-state index in [9.17, 15) is 9.59 Å². The van der Waals surface area contributed by atoms with Gasteiger partial charge in [0, 0.05) is 38.2 Å². The number of para-hydroxylation sites is 1. The van der Waals surface area contributed by atoms with Crippen LogP contribution in [-0.4, -0.2) is 54.5 Å². The van der Waals surface area contributed by atoms with E-state index < -0.39 is 11.5 Å². The third kappa shape index (κ3) is 4.39. The quantitative estimate of drug-likeness (QED) is 0.498. The van der Waals surface area contributed by atoms with Crippen molar-refractivity contribution >= 4 is 22.6 Å². The summed E-state index contributed by atoms with van der Waals surface area (Å²) in [6, 6.07) is 22.7. The number of benzene rings is 3. The maximum Gasteiger partial charge on any atom is 0.311 e. The van der Waals surface area contributed by atoms with Crippen LogP contribution in [0.5, 0.6) is 5.75 Å². The molecule has 35 heavy (non-hydrogen) atoms. The summed E-state index contributed by atoms with van der Waals surface area (Å²) >= 11 is 0. The van der Waals surface area contributed by atoms with Gasteiger partial charge >= 0.3 is 5.97 Å². The van der Waals surface area contributed by atoms with Crippen LogP contribution in [-0.2, 0) is 27.4 Å². The Labute approximate surface area is 206 Å². The molecule has 0 bridgehead atoms. The second-order valence-corrected chi connectivity index (χ2v) is 9.63. The highest BCUT2D eigenvalue weighted by Crippen LogP contribution is 2.45. The van der Waals surface area contributed by atoms with Gasteiger partial charge in [-0.15, -0.1) is 0 Å². The molecule has 0 radical (unpaired) electrons. The fraction of sp³-hybridized carbons (Fsp3) is 0.379. The van der Waals surface area contributed by atoms with Crippen molar-refractivity contribution in [1.82, 2.24) is 9.80 Å². The molecule has 0 N–H and O–H groups in total. The van der Waals surface area contributed by atoms with Crippen LogP contribution in [0.15, 0.2) is 66.7 Å². The molecule has 0 saturated carbocycles. The van der Waals surface area contributed by atoms with Crippen LogP contribution in [0.25, 0.3) is 10.8 Å². The summed E-state index contributed by atoms with van der Waals surface area (Å²) in [5.41, 5.74) is 1.71. The molecule has 3 aromatic carbocycles. The molecular formula is C29H32N2O4. The lowest BCUT2D eigenvalue weighted by molar-refractivity contribution is -0.150. The number of likely N-dealkylation sites (tertiary alicyclic amines) is 2. The standard InChI is InChI=1S/C29H32N2O4/c1-34-26-10-6-5-9-24(26)20-30-15-13-29(14-16-30)25(28(33)35-2)18-27(32)31(29)19-21-11-12-22-7-3-4-8-23(22)17-21/h3-12,17,25H,13-16,18-20H2,1-2H3. The smallest absolute Gasteiger partial charge is 0.311 e. The number of piperidine rings is 1.